The molecule has 2 heteroatoms. The van der Waals surface area contributed by atoms with Gasteiger partial charge in [-0.2, -0.15) is 0 Å². The van der Waals surface area contributed by atoms with E-state index in [2.05, 4.69) is 187 Å². The van der Waals surface area contributed by atoms with Gasteiger partial charge in [-0.15, -0.1) is 0 Å². The number of nitrogens with zero attached hydrogens (tertiary/aromatic N) is 2. The molecule has 7 rings (SSSR count). The summed E-state index contributed by atoms with van der Waals surface area (Å²) in [4.78, 5) is 4.82. The molecule has 6 aromatic carbocycles. The summed E-state index contributed by atoms with van der Waals surface area (Å²) in [6.07, 6.45) is 4.83. The van der Waals surface area contributed by atoms with Gasteiger partial charge in [0, 0.05) is 39.5 Å². The molecule has 6 aromatic rings. The smallest absolute Gasteiger partial charge is 0.0464 e. The van der Waals surface area contributed by atoms with Crippen LogP contribution >= 0.6 is 0 Å². The monoisotopic (exact) mass is 668 g/mol. The Balaban J connectivity index is 1.26. The highest BCUT2D eigenvalue weighted by molar-refractivity contribution is 5.79. The molecule has 0 amide bonds. The quantitative estimate of drug-likeness (QED) is 0.159. The first-order chi connectivity index (χ1) is 24.5. The molecule has 1 aliphatic carbocycles. The Morgan fingerprint density at radius 1 is 0.314 bits per heavy atom. The van der Waals surface area contributed by atoms with Crippen molar-refractivity contribution in [3.63, 3.8) is 0 Å². The van der Waals surface area contributed by atoms with E-state index < -0.39 is 0 Å². The van der Waals surface area contributed by atoms with Gasteiger partial charge in [0.1, 0.15) is 0 Å². The van der Waals surface area contributed by atoms with Crippen LogP contribution in [0.1, 0.15) is 81.3 Å². The zero-order valence-electron chi connectivity index (χ0n) is 31.8. The Hall–Kier alpha value is -5.08. The molecule has 0 unspecified atom stereocenters. The molecule has 0 spiro atoms. The van der Waals surface area contributed by atoms with E-state index in [-0.39, 0.29) is 5.41 Å². The van der Waals surface area contributed by atoms with Crippen LogP contribution in [0, 0.1) is 55.4 Å². The lowest BCUT2D eigenvalue weighted by molar-refractivity contribution is 0.535. The van der Waals surface area contributed by atoms with Gasteiger partial charge in [0.25, 0.3) is 0 Å². The molecule has 0 saturated heterocycles. The van der Waals surface area contributed by atoms with Crippen LogP contribution in [0.5, 0.6) is 0 Å². The largest absolute Gasteiger partial charge is 0.310 e. The summed E-state index contributed by atoms with van der Waals surface area (Å²) in [6, 6.07) is 46.2. The predicted octanol–water partition coefficient (Wildman–Crippen LogP) is 14.0. The lowest BCUT2D eigenvalue weighted by atomic mass is 9.73. The summed E-state index contributed by atoms with van der Waals surface area (Å²) >= 11 is 0. The molecule has 0 N–H and O–H groups in total. The van der Waals surface area contributed by atoms with Crippen molar-refractivity contribution in [2.75, 3.05) is 9.80 Å². The van der Waals surface area contributed by atoms with Crippen molar-refractivity contribution in [1.29, 1.82) is 0 Å². The summed E-state index contributed by atoms with van der Waals surface area (Å²) in [5.41, 5.74) is 20.5. The Morgan fingerprint density at radius 3 is 0.824 bits per heavy atom. The second-order valence-electron chi connectivity index (χ2n) is 15.1. The fourth-order valence-electron chi connectivity index (χ4n) is 7.93. The Labute approximate surface area is 306 Å². The number of aryl methyl sites for hydroxylation is 8. The van der Waals surface area contributed by atoms with E-state index in [0.29, 0.717) is 0 Å². The van der Waals surface area contributed by atoms with Crippen LogP contribution in [0.2, 0.25) is 0 Å². The van der Waals surface area contributed by atoms with Gasteiger partial charge in [-0.1, -0.05) is 61.4 Å². The maximum atomic E-state index is 2.41. The topological polar surface area (TPSA) is 6.48 Å². The number of hydrogen-bond donors (Lipinski definition) is 0. The average molecular weight is 669 g/mol. The molecule has 258 valence electrons. The van der Waals surface area contributed by atoms with Crippen molar-refractivity contribution in [2.24, 2.45) is 0 Å². The normalized spacial score (nSPS) is 13.7. The van der Waals surface area contributed by atoms with Gasteiger partial charge in [0.15, 0.2) is 0 Å². The number of anilines is 6. The van der Waals surface area contributed by atoms with Gasteiger partial charge in [-0.25, -0.2) is 0 Å². The lowest BCUT2D eigenvalue weighted by Crippen LogP contribution is -2.24. The van der Waals surface area contributed by atoms with E-state index in [0.717, 1.165) is 0 Å². The van der Waals surface area contributed by atoms with Crippen LogP contribution in [0.4, 0.5) is 34.1 Å². The van der Waals surface area contributed by atoms with E-state index in [9.17, 15) is 0 Å². The minimum absolute atomic E-state index is 0.00844. The third-order valence-corrected chi connectivity index (χ3v) is 11.8. The molecule has 0 aromatic heterocycles. The number of benzene rings is 6. The average Bonchev–Trinajstić information content (AvgIpc) is 3.63. The van der Waals surface area contributed by atoms with Crippen molar-refractivity contribution in [2.45, 2.75) is 86.5 Å². The lowest BCUT2D eigenvalue weighted by Gasteiger charge is -2.33. The Morgan fingerprint density at radius 2 is 0.569 bits per heavy atom. The highest BCUT2D eigenvalue weighted by Gasteiger charge is 2.37. The summed E-state index contributed by atoms with van der Waals surface area (Å²) in [6.45, 7) is 17.6. The van der Waals surface area contributed by atoms with Crippen molar-refractivity contribution in [1.82, 2.24) is 0 Å². The van der Waals surface area contributed by atoms with Gasteiger partial charge in [-0.3, -0.25) is 0 Å². The van der Waals surface area contributed by atoms with Gasteiger partial charge >= 0.3 is 0 Å². The van der Waals surface area contributed by atoms with Crippen molar-refractivity contribution < 1.29 is 0 Å². The first kappa shape index (κ1) is 34.4. The third-order valence-electron chi connectivity index (χ3n) is 11.8. The maximum absolute atomic E-state index is 2.41. The second-order valence-corrected chi connectivity index (χ2v) is 15.1. The summed E-state index contributed by atoms with van der Waals surface area (Å²) < 4.78 is 0. The standard InChI is InChI=1S/C49H52N2/c1-33-11-19-45(29-37(33)5)50(46-20-12-34(2)38(6)30-46)43-23-15-41(16-24-43)49(27-9-10-28-49)42-17-25-44(26-18-42)51(47-21-13-35(3)39(7)31-47)48-22-14-36(4)40(8)32-48/h11-26,29-32H,9-10,27-28H2,1-8H3. The molecule has 1 saturated carbocycles. The molecule has 0 radical (unpaired) electrons. The fourth-order valence-corrected chi connectivity index (χ4v) is 7.93. The SMILES string of the molecule is Cc1ccc(N(c2ccc(C3(c4ccc(N(c5ccc(C)c(C)c5)c5ccc(C)c(C)c5)cc4)CCCC3)cc2)c2ccc(C)c(C)c2)cc1C. The first-order valence-electron chi connectivity index (χ1n) is 18.6. The Kier molecular flexibility index (Phi) is 9.38. The third kappa shape index (κ3) is 6.61. The van der Waals surface area contributed by atoms with Crippen LogP contribution in [-0.2, 0) is 5.41 Å². The Bertz CT molecular complexity index is 1930. The van der Waals surface area contributed by atoms with Gasteiger partial charge < -0.3 is 9.80 Å². The van der Waals surface area contributed by atoms with Crippen LogP contribution in [-0.4, -0.2) is 0 Å². The molecule has 0 aliphatic heterocycles. The molecular formula is C49H52N2. The first-order valence-corrected chi connectivity index (χ1v) is 18.6. The number of hydrogen-bond acceptors (Lipinski definition) is 2. The van der Waals surface area contributed by atoms with Gasteiger partial charge in [-0.05, 0) is 197 Å². The van der Waals surface area contributed by atoms with E-state index in [1.165, 1.54) is 115 Å². The molecule has 1 aliphatic rings. The van der Waals surface area contributed by atoms with Crippen molar-refractivity contribution >= 4 is 34.1 Å². The minimum Gasteiger partial charge on any atom is -0.310 e. The van der Waals surface area contributed by atoms with E-state index in [1.54, 1.807) is 0 Å². The van der Waals surface area contributed by atoms with Crippen LogP contribution in [0.3, 0.4) is 0 Å². The minimum atomic E-state index is 0.00844. The maximum Gasteiger partial charge on any atom is 0.0464 e. The van der Waals surface area contributed by atoms with E-state index in [1.807, 2.05) is 0 Å². The molecular weight excluding hydrogens is 617 g/mol. The molecule has 51 heavy (non-hydrogen) atoms. The molecule has 1 fully saturated rings. The van der Waals surface area contributed by atoms with Crippen LogP contribution in [0.25, 0.3) is 0 Å². The van der Waals surface area contributed by atoms with Crippen LogP contribution in [0.15, 0.2) is 121 Å². The molecule has 0 atom stereocenters. The number of rotatable bonds is 8. The van der Waals surface area contributed by atoms with Gasteiger partial charge in [0.05, 0.1) is 0 Å². The summed E-state index contributed by atoms with van der Waals surface area (Å²) in [5.74, 6) is 0. The van der Waals surface area contributed by atoms with Crippen LogP contribution < -0.4 is 9.80 Å². The van der Waals surface area contributed by atoms with Gasteiger partial charge in [0.2, 0.25) is 0 Å². The molecule has 0 bridgehead atoms. The predicted molar refractivity (Wildman–Crippen MR) is 219 cm³/mol. The highest BCUT2D eigenvalue weighted by atomic mass is 15.1. The fraction of sp³-hybridized carbons (Fsp3) is 0.265. The van der Waals surface area contributed by atoms with Crippen molar-refractivity contribution in [3.8, 4) is 0 Å². The zero-order chi connectivity index (χ0) is 35.9. The summed E-state index contributed by atoms with van der Waals surface area (Å²) in [5, 5.41) is 0. The zero-order valence-corrected chi connectivity index (χ0v) is 31.8. The van der Waals surface area contributed by atoms with E-state index in [4.69, 9.17) is 0 Å². The molecule has 2 nitrogen and oxygen atoms in total. The van der Waals surface area contributed by atoms with Crippen molar-refractivity contribution in [3.05, 3.63) is 177 Å². The highest BCUT2D eigenvalue weighted by Crippen LogP contribution is 2.48. The summed E-state index contributed by atoms with van der Waals surface area (Å²) in [7, 11) is 0. The van der Waals surface area contributed by atoms with E-state index >= 15 is 0 Å². The molecule has 0 heterocycles. The second kappa shape index (κ2) is 13.9.